The van der Waals surface area contributed by atoms with Gasteiger partial charge in [0.15, 0.2) is 11.5 Å². The third-order valence-electron chi connectivity index (χ3n) is 2.82. The third kappa shape index (κ3) is 4.42. The van der Waals surface area contributed by atoms with Crippen LogP contribution in [0.3, 0.4) is 0 Å². The second-order valence-electron chi connectivity index (χ2n) is 5.10. The van der Waals surface area contributed by atoms with Crippen LogP contribution in [0.4, 0.5) is 0 Å². The molecule has 1 aromatic rings. The highest BCUT2D eigenvalue weighted by Crippen LogP contribution is 2.31. The number of carbonyl (C=O) groups excluding carboxylic acids is 1. The summed E-state index contributed by atoms with van der Waals surface area (Å²) in [6, 6.07) is 4.96. The van der Waals surface area contributed by atoms with E-state index in [9.17, 15) is 4.79 Å². The third-order valence-corrected chi connectivity index (χ3v) is 2.82. The number of carbonyl (C=O) groups is 1. The molecule has 5 nitrogen and oxygen atoms in total. The lowest BCUT2D eigenvalue weighted by Gasteiger charge is -2.19. The van der Waals surface area contributed by atoms with Crippen molar-refractivity contribution in [1.82, 2.24) is 5.32 Å². The number of methoxy groups -OCH3 is 1. The zero-order valence-electron chi connectivity index (χ0n) is 12.8. The summed E-state index contributed by atoms with van der Waals surface area (Å²) in [4.78, 5) is 11.6. The molecule has 0 radical (unpaired) electrons. The van der Waals surface area contributed by atoms with Gasteiger partial charge in [0.25, 0.3) is 0 Å². The van der Waals surface area contributed by atoms with Crippen LogP contribution in [0.1, 0.15) is 39.3 Å². The molecule has 1 aromatic carbocycles. The minimum Gasteiger partial charge on any atom is -0.493 e. The second-order valence-corrected chi connectivity index (χ2v) is 5.10. The summed E-state index contributed by atoms with van der Waals surface area (Å²) >= 11 is 0. The van der Waals surface area contributed by atoms with E-state index >= 15 is 0 Å². The molecule has 0 bridgehead atoms. The van der Waals surface area contributed by atoms with Gasteiger partial charge < -0.3 is 20.5 Å². The summed E-state index contributed by atoms with van der Waals surface area (Å²) in [5.74, 6) is 1.16. The lowest BCUT2D eigenvalue weighted by Crippen LogP contribution is -2.39. The van der Waals surface area contributed by atoms with Crippen molar-refractivity contribution in [3.05, 3.63) is 23.8 Å². The van der Waals surface area contributed by atoms with Gasteiger partial charge in [-0.25, -0.2) is 0 Å². The van der Waals surface area contributed by atoms with Crippen molar-refractivity contribution in [1.29, 1.82) is 0 Å². The summed E-state index contributed by atoms with van der Waals surface area (Å²) < 4.78 is 11.0. The van der Waals surface area contributed by atoms with Crippen LogP contribution in [0.5, 0.6) is 11.5 Å². The Bertz CT molecular complexity index is 458. The molecule has 0 fully saturated rings. The molecule has 5 heteroatoms. The smallest absolute Gasteiger partial charge is 0.237 e. The molecule has 1 unspecified atom stereocenters. The van der Waals surface area contributed by atoms with Gasteiger partial charge in [0, 0.05) is 0 Å². The fourth-order valence-corrected chi connectivity index (χ4v) is 1.73. The van der Waals surface area contributed by atoms with Crippen molar-refractivity contribution in [2.45, 2.75) is 45.9 Å². The molecule has 2 atom stereocenters. The summed E-state index contributed by atoms with van der Waals surface area (Å²) in [5, 5.41) is 2.85. The average Bonchev–Trinajstić information content (AvgIpc) is 2.38. The number of hydrogen-bond acceptors (Lipinski definition) is 4. The van der Waals surface area contributed by atoms with Crippen molar-refractivity contribution in [3.8, 4) is 11.5 Å². The van der Waals surface area contributed by atoms with Crippen molar-refractivity contribution in [3.63, 3.8) is 0 Å². The molecule has 0 heterocycles. The number of nitrogens with two attached hydrogens (primary N) is 1. The summed E-state index contributed by atoms with van der Waals surface area (Å²) in [6.45, 7) is 7.47. The zero-order valence-corrected chi connectivity index (χ0v) is 12.8. The Morgan fingerprint density at radius 2 is 1.85 bits per heavy atom. The Balaban J connectivity index is 2.89. The molecular weight excluding hydrogens is 256 g/mol. The number of hydrogen-bond donors (Lipinski definition) is 2. The van der Waals surface area contributed by atoms with Crippen LogP contribution in [0.2, 0.25) is 0 Å². The Kier molecular flexibility index (Phi) is 5.82. The van der Waals surface area contributed by atoms with Gasteiger partial charge in [0.1, 0.15) is 0 Å². The molecule has 0 aliphatic heterocycles. The quantitative estimate of drug-likeness (QED) is 0.836. The van der Waals surface area contributed by atoms with Crippen LogP contribution in [0.25, 0.3) is 0 Å². The maximum Gasteiger partial charge on any atom is 0.237 e. The Morgan fingerprint density at radius 1 is 1.20 bits per heavy atom. The number of ether oxygens (including phenoxy) is 2. The van der Waals surface area contributed by atoms with Crippen molar-refractivity contribution in [2.24, 2.45) is 5.73 Å². The average molecular weight is 280 g/mol. The minimum atomic E-state index is -0.525. The highest BCUT2D eigenvalue weighted by Gasteiger charge is 2.15. The first-order valence-electron chi connectivity index (χ1n) is 6.75. The molecular formula is C15H24N2O3. The topological polar surface area (TPSA) is 73.6 Å². The summed E-state index contributed by atoms with van der Waals surface area (Å²) in [7, 11) is 1.59. The van der Waals surface area contributed by atoms with Gasteiger partial charge in [-0.2, -0.15) is 0 Å². The van der Waals surface area contributed by atoms with E-state index in [1.165, 1.54) is 0 Å². The molecule has 1 amide bonds. The van der Waals surface area contributed by atoms with Gasteiger partial charge in [0.2, 0.25) is 5.91 Å². The first kappa shape index (κ1) is 16.3. The van der Waals surface area contributed by atoms with Crippen LogP contribution in [-0.2, 0) is 4.79 Å². The number of benzene rings is 1. The standard InChI is InChI=1S/C15H24N2O3/c1-9(2)20-13-7-6-12(8-14(13)19-5)11(4)17-15(18)10(3)16/h6-11H,16H2,1-5H3,(H,17,18)/t10-,11?/m1/s1. The van der Waals surface area contributed by atoms with Crippen molar-refractivity contribution >= 4 is 5.91 Å². The van der Waals surface area contributed by atoms with Crippen LogP contribution >= 0.6 is 0 Å². The molecule has 0 aromatic heterocycles. The van der Waals surface area contributed by atoms with Gasteiger partial charge in [-0.3, -0.25) is 4.79 Å². The first-order chi connectivity index (χ1) is 9.35. The molecule has 0 saturated carbocycles. The van der Waals surface area contributed by atoms with Crippen LogP contribution in [0, 0.1) is 0 Å². The van der Waals surface area contributed by atoms with Crippen molar-refractivity contribution < 1.29 is 14.3 Å². The number of rotatable bonds is 6. The Hall–Kier alpha value is -1.75. The molecule has 3 N–H and O–H groups in total. The van der Waals surface area contributed by atoms with Gasteiger partial charge in [-0.05, 0) is 45.4 Å². The van der Waals surface area contributed by atoms with Crippen LogP contribution < -0.4 is 20.5 Å². The van der Waals surface area contributed by atoms with Crippen molar-refractivity contribution in [2.75, 3.05) is 7.11 Å². The maximum atomic E-state index is 11.6. The molecule has 0 aliphatic carbocycles. The van der Waals surface area contributed by atoms with E-state index in [0.29, 0.717) is 11.5 Å². The predicted molar refractivity (Wildman–Crippen MR) is 79.0 cm³/mol. The zero-order chi connectivity index (χ0) is 15.3. The fourth-order valence-electron chi connectivity index (χ4n) is 1.73. The van der Waals surface area contributed by atoms with Crippen LogP contribution in [0.15, 0.2) is 18.2 Å². The molecule has 0 saturated heterocycles. The van der Waals surface area contributed by atoms with Gasteiger partial charge in [0.05, 0.1) is 25.3 Å². The Labute approximate surface area is 120 Å². The lowest BCUT2D eigenvalue weighted by atomic mass is 10.1. The largest absolute Gasteiger partial charge is 0.493 e. The maximum absolute atomic E-state index is 11.6. The van der Waals surface area contributed by atoms with E-state index in [1.54, 1.807) is 14.0 Å². The molecule has 1 rings (SSSR count). The second kappa shape index (κ2) is 7.14. The molecule has 0 spiro atoms. The monoisotopic (exact) mass is 280 g/mol. The highest BCUT2D eigenvalue weighted by atomic mass is 16.5. The highest BCUT2D eigenvalue weighted by molar-refractivity contribution is 5.81. The van der Waals surface area contributed by atoms with E-state index in [-0.39, 0.29) is 18.1 Å². The normalized spacial score (nSPS) is 13.8. The minimum absolute atomic E-state index is 0.0740. The number of amides is 1. The van der Waals surface area contributed by atoms with E-state index in [4.69, 9.17) is 15.2 Å². The summed E-state index contributed by atoms with van der Waals surface area (Å²) in [5.41, 5.74) is 6.48. The van der Waals surface area contributed by atoms with E-state index in [0.717, 1.165) is 5.56 Å². The van der Waals surface area contributed by atoms with E-state index in [1.807, 2.05) is 39.0 Å². The Morgan fingerprint density at radius 3 is 2.35 bits per heavy atom. The first-order valence-corrected chi connectivity index (χ1v) is 6.75. The SMILES string of the molecule is COc1cc(C(C)NC(=O)[C@@H](C)N)ccc1OC(C)C. The van der Waals surface area contributed by atoms with E-state index in [2.05, 4.69) is 5.32 Å². The lowest BCUT2D eigenvalue weighted by molar-refractivity contribution is -0.122. The van der Waals surface area contributed by atoms with E-state index < -0.39 is 6.04 Å². The summed E-state index contributed by atoms with van der Waals surface area (Å²) in [6.07, 6.45) is 0.0740. The fraction of sp³-hybridized carbons (Fsp3) is 0.533. The van der Waals surface area contributed by atoms with Gasteiger partial charge in [-0.15, -0.1) is 0 Å². The molecule has 0 aliphatic rings. The van der Waals surface area contributed by atoms with Gasteiger partial charge >= 0.3 is 0 Å². The molecule has 112 valence electrons. The van der Waals surface area contributed by atoms with Gasteiger partial charge in [-0.1, -0.05) is 6.07 Å². The molecule has 20 heavy (non-hydrogen) atoms. The van der Waals surface area contributed by atoms with Crippen LogP contribution in [-0.4, -0.2) is 25.2 Å². The predicted octanol–water partition coefficient (Wildman–Crippen LogP) is 2.01. The number of nitrogens with one attached hydrogen (secondary N) is 1.